The summed E-state index contributed by atoms with van der Waals surface area (Å²) in [6, 6.07) is 9.62. The average molecular weight is 435 g/mol. The van der Waals surface area contributed by atoms with Crippen LogP contribution in [0.25, 0.3) is 10.2 Å². The zero-order valence-corrected chi connectivity index (χ0v) is 17.1. The number of aromatic nitrogens is 2. The molecule has 2 N–H and O–H groups in total. The number of nitrogens with one attached hydrogen (secondary N) is 2. The van der Waals surface area contributed by atoms with E-state index < -0.39 is 11.9 Å². The van der Waals surface area contributed by atoms with E-state index in [0.29, 0.717) is 15.9 Å². The number of carbonyl (C=O) groups excluding carboxylic acids is 2. The molecule has 3 heterocycles. The number of aromatic amines is 1. The summed E-state index contributed by atoms with van der Waals surface area (Å²) >= 11 is 1.53. The van der Waals surface area contributed by atoms with Gasteiger partial charge in [-0.05, 0) is 49.1 Å². The minimum atomic E-state index is -0.647. The molecule has 8 nitrogen and oxygen atoms in total. The summed E-state index contributed by atoms with van der Waals surface area (Å²) in [6.07, 6.45) is 4.32. The van der Waals surface area contributed by atoms with Gasteiger partial charge < -0.3 is 19.5 Å². The molecular weight excluding hydrogens is 418 g/mol. The molecule has 3 aromatic heterocycles. The van der Waals surface area contributed by atoms with E-state index in [2.05, 4.69) is 15.3 Å². The molecule has 0 spiro atoms. The SMILES string of the molecule is O=C(Nc1ccccc1C(=O)OCc1nc2sc3c(c2c(=O)[nH]1)CCC3)c1ccco1. The van der Waals surface area contributed by atoms with E-state index in [1.165, 1.54) is 28.5 Å². The lowest BCUT2D eigenvalue weighted by atomic mass is 10.1. The van der Waals surface area contributed by atoms with E-state index >= 15 is 0 Å². The fourth-order valence-corrected chi connectivity index (χ4v) is 4.97. The van der Waals surface area contributed by atoms with Crippen molar-refractivity contribution in [3.8, 4) is 0 Å². The molecule has 156 valence electrons. The lowest BCUT2D eigenvalue weighted by molar-refractivity contribution is 0.0463. The first-order chi connectivity index (χ1) is 15.1. The Morgan fingerprint density at radius 1 is 1.19 bits per heavy atom. The first-order valence-electron chi connectivity index (χ1n) is 9.74. The highest BCUT2D eigenvalue weighted by atomic mass is 32.1. The molecule has 1 aromatic carbocycles. The molecular formula is C22H17N3O5S. The first kappa shape index (κ1) is 19.3. The molecule has 0 aliphatic heterocycles. The minimum absolute atomic E-state index is 0.126. The molecule has 5 rings (SSSR count). The number of esters is 1. The normalized spacial score (nSPS) is 12.6. The Bertz CT molecular complexity index is 1350. The number of hydrogen-bond acceptors (Lipinski definition) is 7. The highest BCUT2D eigenvalue weighted by molar-refractivity contribution is 7.18. The van der Waals surface area contributed by atoms with E-state index in [1.807, 2.05) is 0 Å². The highest BCUT2D eigenvalue weighted by Gasteiger charge is 2.22. The van der Waals surface area contributed by atoms with E-state index in [9.17, 15) is 14.4 Å². The molecule has 0 fully saturated rings. The van der Waals surface area contributed by atoms with Crippen LogP contribution in [0.3, 0.4) is 0 Å². The van der Waals surface area contributed by atoms with Crippen LogP contribution in [0, 0.1) is 0 Å². The van der Waals surface area contributed by atoms with Gasteiger partial charge in [0.1, 0.15) is 17.3 Å². The number of hydrogen-bond donors (Lipinski definition) is 2. The lowest BCUT2D eigenvalue weighted by Crippen LogP contribution is -2.17. The number of amides is 1. The van der Waals surface area contributed by atoms with Crippen molar-refractivity contribution in [2.75, 3.05) is 5.32 Å². The maximum absolute atomic E-state index is 12.7. The van der Waals surface area contributed by atoms with Crippen LogP contribution in [0.1, 0.15) is 43.6 Å². The highest BCUT2D eigenvalue weighted by Crippen LogP contribution is 2.34. The number of carbonyl (C=O) groups is 2. The number of rotatable bonds is 5. The van der Waals surface area contributed by atoms with Crippen LogP contribution in [-0.2, 0) is 24.2 Å². The van der Waals surface area contributed by atoms with E-state index in [0.717, 1.165) is 24.8 Å². The van der Waals surface area contributed by atoms with Gasteiger partial charge in [0.15, 0.2) is 5.76 Å². The fourth-order valence-electron chi connectivity index (χ4n) is 3.69. The third-order valence-electron chi connectivity index (χ3n) is 5.10. The zero-order chi connectivity index (χ0) is 21.4. The summed E-state index contributed by atoms with van der Waals surface area (Å²) in [7, 11) is 0. The second-order valence-corrected chi connectivity index (χ2v) is 8.19. The van der Waals surface area contributed by atoms with Crippen molar-refractivity contribution in [3.05, 3.63) is 80.6 Å². The Hall–Kier alpha value is -3.72. The van der Waals surface area contributed by atoms with Gasteiger partial charge in [0.25, 0.3) is 11.5 Å². The molecule has 31 heavy (non-hydrogen) atoms. The van der Waals surface area contributed by atoms with Crippen molar-refractivity contribution in [1.29, 1.82) is 0 Å². The molecule has 0 saturated heterocycles. The van der Waals surface area contributed by atoms with Crippen LogP contribution in [0.2, 0.25) is 0 Å². The summed E-state index contributed by atoms with van der Waals surface area (Å²) < 4.78 is 10.4. The van der Waals surface area contributed by atoms with Gasteiger partial charge in [-0.1, -0.05) is 12.1 Å². The molecule has 0 saturated carbocycles. The van der Waals surface area contributed by atoms with Crippen molar-refractivity contribution >= 4 is 39.1 Å². The molecule has 0 atom stereocenters. The van der Waals surface area contributed by atoms with E-state index in [1.54, 1.807) is 30.3 Å². The topological polar surface area (TPSA) is 114 Å². The van der Waals surface area contributed by atoms with Gasteiger partial charge in [-0.3, -0.25) is 9.59 Å². The van der Waals surface area contributed by atoms with Gasteiger partial charge in [0, 0.05) is 4.88 Å². The van der Waals surface area contributed by atoms with Crippen LogP contribution >= 0.6 is 11.3 Å². The summed E-state index contributed by atoms with van der Waals surface area (Å²) in [5.41, 5.74) is 1.36. The molecule has 0 unspecified atom stereocenters. The predicted molar refractivity (Wildman–Crippen MR) is 114 cm³/mol. The van der Waals surface area contributed by atoms with Gasteiger partial charge in [-0.15, -0.1) is 11.3 Å². The molecule has 9 heteroatoms. The lowest BCUT2D eigenvalue weighted by Gasteiger charge is -2.10. The third kappa shape index (κ3) is 3.64. The van der Waals surface area contributed by atoms with Gasteiger partial charge in [0.2, 0.25) is 0 Å². The summed E-state index contributed by atoms with van der Waals surface area (Å²) in [5, 5.41) is 3.29. The Labute approximate surface area is 179 Å². The standard InChI is InChI=1S/C22H17N3O5S/c26-19(15-8-4-10-29-15)23-14-7-2-1-5-12(14)22(28)30-11-17-24-20(27)18-13-6-3-9-16(13)31-21(18)25-17/h1-2,4-5,7-8,10H,3,6,9,11H2,(H,23,26)(H,24,25,27). The van der Waals surface area contributed by atoms with Crippen molar-refractivity contribution < 1.29 is 18.7 Å². The van der Waals surface area contributed by atoms with Crippen LogP contribution in [0.15, 0.2) is 51.9 Å². The monoisotopic (exact) mass is 435 g/mol. The molecule has 0 radical (unpaired) electrons. The minimum Gasteiger partial charge on any atom is -0.459 e. The number of aryl methyl sites for hydroxylation is 2. The third-order valence-corrected chi connectivity index (χ3v) is 6.29. The summed E-state index contributed by atoms with van der Waals surface area (Å²) in [4.78, 5) is 46.5. The number of furan rings is 1. The van der Waals surface area contributed by atoms with Gasteiger partial charge in [-0.25, -0.2) is 9.78 Å². The molecule has 0 bridgehead atoms. The number of anilines is 1. The molecule has 1 aliphatic carbocycles. The Balaban J connectivity index is 1.33. The second kappa shape index (κ2) is 7.84. The zero-order valence-electron chi connectivity index (χ0n) is 16.3. The predicted octanol–water partition coefficient (Wildman–Crippen LogP) is 3.68. The first-order valence-corrected chi connectivity index (χ1v) is 10.6. The maximum Gasteiger partial charge on any atom is 0.340 e. The number of para-hydroxylation sites is 1. The maximum atomic E-state index is 12.7. The van der Waals surface area contributed by atoms with Crippen LogP contribution < -0.4 is 10.9 Å². The number of nitrogens with zero attached hydrogens (tertiary/aromatic N) is 1. The largest absolute Gasteiger partial charge is 0.459 e. The Morgan fingerprint density at radius 3 is 2.90 bits per heavy atom. The summed E-state index contributed by atoms with van der Waals surface area (Å²) in [5.74, 6) is -0.719. The number of ether oxygens (including phenoxy) is 1. The Kier molecular flexibility index (Phi) is 4.87. The van der Waals surface area contributed by atoms with Gasteiger partial charge in [-0.2, -0.15) is 0 Å². The van der Waals surface area contributed by atoms with Crippen molar-refractivity contribution in [2.45, 2.75) is 25.9 Å². The quantitative estimate of drug-likeness (QED) is 0.462. The van der Waals surface area contributed by atoms with Crippen molar-refractivity contribution in [1.82, 2.24) is 9.97 Å². The smallest absolute Gasteiger partial charge is 0.340 e. The van der Waals surface area contributed by atoms with Crippen LogP contribution in [0.4, 0.5) is 5.69 Å². The Morgan fingerprint density at radius 2 is 2.06 bits per heavy atom. The van der Waals surface area contributed by atoms with E-state index in [4.69, 9.17) is 9.15 Å². The number of thiophene rings is 1. The molecule has 1 aliphatic rings. The van der Waals surface area contributed by atoms with Crippen molar-refractivity contribution in [2.24, 2.45) is 0 Å². The summed E-state index contributed by atoms with van der Waals surface area (Å²) in [6.45, 7) is -0.187. The van der Waals surface area contributed by atoms with Crippen LogP contribution in [-0.4, -0.2) is 21.8 Å². The van der Waals surface area contributed by atoms with Gasteiger partial charge >= 0.3 is 5.97 Å². The number of fused-ring (bicyclic) bond motifs is 3. The molecule has 4 aromatic rings. The fraction of sp³-hybridized carbons (Fsp3) is 0.182. The second-order valence-electron chi connectivity index (χ2n) is 7.10. The average Bonchev–Trinajstić information content (AvgIpc) is 3.49. The van der Waals surface area contributed by atoms with Crippen LogP contribution in [0.5, 0.6) is 0 Å². The number of H-pyrrole nitrogens is 1. The molecule has 1 amide bonds. The van der Waals surface area contributed by atoms with Crippen molar-refractivity contribution in [3.63, 3.8) is 0 Å². The number of benzene rings is 1. The van der Waals surface area contributed by atoms with Gasteiger partial charge in [0.05, 0.1) is 22.9 Å². The van der Waals surface area contributed by atoms with E-state index in [-0.39, 0.29) is 29.3 Å².